The quantitative estimate of drug-likeness (QED) is 0.185. The molecule has 2 aliphatic rings. The van der Waals surface area contributed by atoms with Crippen LogP contribution in [0.25, 0.3) is 0 Å². The van der Waals surface area contributed by atoms with Crippen molar-refractivity contribution < 1.29 is 4.74 Å². The summed E-state index contributed by atoms with van der Waals surface area (Å²) < 4.78 is 5.20. The maximum atomic E-state index is 10.6. The fourth-order valence-electron chi connectivity index (χ4n) is 5.22. The number of unbranched alkanes of at least 4 members (excludes halogenated alkanes) is 6. The van der Waals surface area contributed by atoms with Crippen LogP contribution in [-0.2, 0) is 0 Å². The Kier molecular flexibility index (Phi) is 9.85. The molecule has 1 heterocycles. The first-order chi connectivity index (χ1) is 17.0. The topological polar surface area (TPSA) is 95.2 Å². The number of ether oxygens (including phenoxy) is 1. The van der Waals surface area contributed by atoms with Crippen molar-refractivity contribution in [3.05, 3.63) is 29.8 Å². The minimum atomic E-state index is -1.07. The van der Waals surface area contributed by atoms with Gasteiger partial charge in [0.15, 0.2) is 4.20 Å². The van der Waals surface area contributed by atoms with Gasteiger partial charge >= 0.3 is 0 Å². The molecule has 7 heteroatoms. The van der Waals surface area contributed by atoms with Crippen LogP contribution < -0.4 is 10.5 Å². The van der Waals surface area contributed by atoms with Gasteiger partial charge in [0.25, 0.3) is 0 Å². The van der Waals surface area contributed by atoms with Gasteiger partial charge in [-0.25, -0.2) is 4.99 Å². The molecular formula is C28H40N4OS2. The lowest BCUT2D eigenvalue weighted by Gasteiger charge is -2.32. The minimum absolute atomic E-state index is 0.283. The molecule has 3 unspecified atom stereocenters. The summed E-state index contributed by atoms with van der Waals surface area (Å²) in [5.74, 6) is 2.67. The van der Waals surface area contributed by atoms with Gasteiger partial charge in [0.1, 0.15) is 22.4 Å². The summed E-state index contributed by atoms with van der Waals surface area (Å²) >= 11 is 3.43. The molecular weight excluding hydrogens is 472 g/mol. The zero-order valence-electron chi connectivity index (χ0n) is 21.5. The highest BCUT2D eigenvalue weighted by atomic mass is 32.2. The lowest BCUT2D eigenvalue weighted by molar-refractivity contribution is 0.304. The lowest BCUT2D eigenvalue weighted by Crippen LogP contribution is -2.32. The number of hydrogen-bond donors (Lipinski definition) is 1. The predicted octanol–water partition coefficient (Wildman–Crippen LogP) is 7.24. The highest BCUT2D eigenvalue weighted by Crippen LogP contribution is 2.85. The number of thioether (sulfide) groups is 2. The fourth-order valence-corrected chi connectivity index (χ4v) is 8.90. The Hall–Kier alpha value is -1.83. The Balaban J connectivity index is 1.83. The largest absolute Gasteiger partial charge is 0.494 e. The van der Waals surface area contributed by atoms with Crippen molar-refractivity contribution in [2.75, 3.05) is 18.1 Å². The molecule has 1 aromatic rings. The molecule has 1 saturated carbocycles. The normalized spacial score (nSPS) is 25.9. The number of fused-ring (bicyclic) bond motifs is 1. The first-order valence-electron chi connectivity index (χ1n) is 13.2. The summed E-state index contributed by atoms with van der Waals surface area (Å²) in [5, 5.41) is 21.0. The standard InChI is InChI=1S/C28H40N4OS2/c1-4-7-10-11-12-17-33-23-15-13-22(14-16-23)24-26(20-29)25(31)32-28(27(24,26)21-30,34-18-8-5-2)35-19-9-6-3/h13-16,24H,4-12,17-19H2,1-3H3,(H2,31,32). The number of aliphatic imine (C=N–C) groups is 1. The number of nitrogens with zero attached hydrogens (tertiary/aromatic N) is 3. The van der Waals surface area contributed by atoms with Gasteiger partial charge in [-0.05, 0) is 48.5 Å². The summed E-state index contributed by atoms with van der Waals surface area (Å²) in [6, 6.07) is 13.1. The highest BCUT2D eigenvalue weighted by Gasteiger charge is 2.91. The fraction of sp³-hybridized carbons (Fsp3) is 0.679. The van der Waals surface area contributed by atoms with E-state index in [1.165, 1.54) is 25.7 Å². The van der Waals surface area contributed by atoms with E-state index in [0.717, 1.165) is 54.9 Å². The number of nitrogens with two attached hydrogens (primary N) is 1. The van der Waals surface area contributed by atoms with Crippen LogP contribution in [0.15, 0.2) is 29.3 Å². The summed E-state index contributed by atoms with van der Waals surface area (Å²) in [4.78, 5) is 4.90. The molecule has 35 heavy (non-hydrogen) atoms. The molecule has 0 saturated heterocycles. The molecule has 0 bridgehead atoms. The van der Waals surface area contributed by atoms with Crippen molar-refractivity contribution in [3.63, 3.8) is 0 Å². The third-order valence-corrected chi connectivity index (χ3v) is 10.6. The van der Waals surface area contributed by atoms with Crippen molar-refractivity contribution in [1.82, 2.24) is 0 Å². The number of amidine groups is 1. The van der Waals surface area contributed by atoms with Crippen LogP contribution >= 0.6 is 23.5 Å². The molecule has 1 fully saturated rings. The molecule has 0 aromatic heterocycles. The van der Waals surface area contributed by atoms with Gasteiger partial charge in [0.05, 0.1) is 18.7 Å². The third-order valence-electron chi connectivity index (χ3n) is 7.25. The molecule has 2 N–H and O–H groups in total. The van der Waals surface area contributed by atoms with E-state index in [1.54, 1.807) is 23.5 Å². The monoisotopic (exact) mass is 512 g/mol. The summed E-state index contributed by atoms with van der Waals surface area (Å²) in [6.07, 6.45) is 10.3. The average molecular weight is 513 g/mol. The second kappa shape index (κ2) is 12.4. The maximum absolute atomic E-state index is 10.6. The Bertz CT molecular complexity index is 941. The van der Waals surface area contributed by atoms with Crippen LogP contribution in [0.2, 0.25) is 0 Å². The minimum Gasteiger partial charge on any atom is -0.494 e. The highest BCUT2D eigenvalue weighted by molar-refractivity contribution is 8.18. The number of rotatable bonds is 16. The van der Waals surface area contributed by atoms with Crippen LogP contribution in [0, 0.1) is 33.5 Å². The summed E-state index contributed by atoms with van der Waals surface area (Å²) in [7, 11) is 0. The smallest absolute Gasteiger partial charge is 0.175 e. The van der Waals surface area contributed by atoms with Crippen molar-refractivity contribution in [2.24, 2.45) is 21.6 Å². The van der Waals surface area contributed by atoms with Gasteiger partial charge in [-0.3, -0.25) is 0 Å². The van der Waals surface area contributed by atoms with E-state index in [4.69, 9.17) is 15.5 Å². The van der Waals surface area contributed by atoms with E-state index in [0.29, 0.717) is 12.4 Å². The predicted molar refractivity (Wildman–Crippen MR) is 149 cm³/mol. The van der Waals surface area contributed by atoms with Gasteiger partial charge in [0.2, 0.25) is 0 Å². The SMILES string of the molecule is CCCCCCCOc1ccc(C2C3(C#N)C(N)=NC(SCCCC)(SCCCC)C23C#N)cc1. The van der Waals surface area contributed by atoms with Crippen molar-refractivity contribution in [3.8, 4) is 17.9 Å². The Morgan fingerprint density at radius 2 is 1.49 bits per heavy atom. The second-order valence-electron chi connectivity index (χ2n) is 9.59. The summed E-state index contributed by atoms with van der Waals surface area (Å²) in [5.41, 5.74) is 5.45. The zero-order valence-corrected chi connectivity index (χ0v) is 23.1. The van der Waals surface area contributed by atoms with Crippen LogP contribution in [-0.4, -0.2) is 28.2 Å². The second-order valence-corrected chi connectivity index (χ2v) is 12.4. The van der Waals surface area contributed by atoms with Gasteiger partial charge in [0, 0.05) is 5.92 Å². The van der Waals surface area contributed by atoms with Crippen LogP contribution in [0.5, 0.6) is 5.75 Å². The van der Waals surface area contributed by atoms with E-state index in [1.807, 2.05) is 24.3 Å². The number of hydrogen-bond acceptors (Lipinski definition) is 7. The number of nitriles is 2. The summed E-state index contributed by atoms with van der Waals surface area (Å²) in [6.45, 7) is 7.26. The molecule has 3 atom stereocenters. The van der Waals surface area contributed by atoms with Gasteiger partial charge in [-0.1, -0.05) is 71.4 Å². The van der Waals surface area contributed by atoms with Crippen molar-refractivity contribution >= 4 is 29.4 Å². The van der Waals surface area contributed by atoms with Gasteiger partial charge in [-0.2, -0.15) is 10.5 Å². The molecule has 0 amide bonds. The molecule has 0 spiro atoms. The molecule has 1 aliphatic heterocycles. The first kappa shape index (κ1) is 27.8. The van der Waals surface area contributed by atoms with Crippen LogP contribution in [0.4, 0.5) is 0 Å². The Labute approximate surface area is 220 Å². The molecule has 0 radical (unpaired) electrons. The number of benzene rings is 1. The molecule has 5 nitrogen and oxygen atoms in total. The third kappa shape index (κ3) is 4.92. The lowest BCUT2D eigenvalue weighted by atomic mass is 9.97. The van der Waals surface area contributed by atoms with Crippen LogP contribution in [0.3, 0.4) is 0 Å². The van der Waals surface area contributed by atoms with E-state index < -0.39 is 15.0 Å². The molecule has 3 rings (SSSR count). The molecule has 1 aliphatic carbocycles. The average Bonchev–Trinajstić information content (AvgIpc) is 3.45. The maximum Gasteiger partial charge on any atom is 0.175 e. The zero-order chi connectivity index (χ0) is 25.4. The van der Waals surface area contributed by atoms with E-state index in [-0.39, 0.29) is 5.92 Å². The van der Waals surface area contributed by atoms with Crippen molar-refractivity contribution in [1.29, 1.82) is 10.5 Å². The van der Waals surface area contributed by atoms with Crippen LogP contribution in [0.1, 0.15) is 90.0 Å². The van der Waals surface area contributed by atoms with Gasteiger partial charge < -0.3 is 10.5 Å². The van der Waals surface area contributed by atoms with Gasteiger partial charge in [-0.15, -0.1) is 23.5 Å². The van der Waals surface area contributed by atoms with Crippen molar-refractivity contribution in [2.45, 2.75) is 88.7 Å². The Morgan fingerprint density at radius 3 is 2.03 bits per heavy atom. The Morgan fingerprint density at radius 1 is 0.886 bits per heavy atom. The van der Waals surface area contributed by atoms with E-state index in [9.17, 15) is 10.5 Å². The molecule has 190 valence electrons. The van der Waals surface area contributed by atoms with E-state index >= 15 is 0 Å². The molecule has 1 aromatic carbocycles. The first-order valence-corrected chi connectivity index (χ1v) is 15.2. The van der Waals surface area contributed by atoms with E-state index in [2.05, 4.69) is 32.9 Å².